The molecule has 0 fully saturated rings. The smallest absolute Gasteiger partial charge is 0.0235 e. The Balaban J connectivity index is 2.42. The van der Waals surface area contributed by atoms with Crippen LogP contribution in [0.5, 0.6) is 0 Å². The third-order valence-electron chi connectivity index (χ3n) is 2.40. The molecule has 0 heterocycles. The highest BCUT2D eigenvalue weighted by Crippen LogP contribution is 2.12. The van der Waals surface area contributed by atoms with Crippen LogP contribution in [-0.4, -0.2) is 18.0 Å². The predicted molar refractivity (Wildman–Crippen MR) is 67.6 cm³/mol. The van der Waals surface area contributed by atoms with Crippen LogP contribution in [0.25, 0.3) is 0 Å². The Morgan fingerprint density at radius 3 is 2.47 bits per heavy atom. The van der Waals surface area contributed by atoms with Crippen molar-refractivity contribution in [2.45, 2.75) is 32.2 Å². The molecule has 0 aliphatic carbocycles. The van der Waals surface area contributed by atoms with E-state index >= 15 is 0 Å². The van der Waals surface area contributed by atoms with Crippen molar-refractivity contribution in [3.63, 3.8) is 0 Å². The quantitative estimate of drug-likeness (QED) is 0.579. The SMILES string of the molecule is CC(C)(Cc1ccccc1)NCCCCl. The van der Waals surface area contributed by atoms with Gasteiger partial charge in [-0.3, -0.25) is 0 Å². The molecule has 1 nitrogen and oxygen atoms in total. The van der Waals surface area contributed by atoms with E-state index in [4.69, 9.17) is 11.6 Å². The second-order valence-electron chi connectivity index (χ2n) is 4.52. The van der Waals surface area contributed by atoms with Gasteiger partial charge >= 0.3 is 0 Å². The van der Waals surface area contributed by atoms with Crippen molar-refractivity contribution in [2.24, 2.45) is 0 Å². The Bertz CT molecular complexity index is 269. The fourth-order valence-electron chi connectivity index (χ4n) is 1.66. The van der Waals surface area contributed by atoms with Gasteiger partial charge in [-0.05, 0) is 38.8 Å². The highest BCUT2D eigenvalue weighted by Gasteiger charge is 2.16. The molecule has 1 aromatic rings. The van der Waals surface area contributed by atoms with Crippen LogP contribution in [0.4, 0.5) is 0 Å². The largest absolute Gasteiger partial charge is 0.311 e. The monoisotopic (exact) mass is 225 g/mol. The van der Waals surface area contributed by atoms with Gasteiger partial charge in [0.1, 0.15) is 0 Å². The van der Waals surface area contributed by atoms with Gasteiger partial charge in [-0.1, -0.05) is 30.3 Å². The summed E-state index contributed by atoms with van der Waals surface area (Å²) in [6.07, 6.45) is 2.08. The maximum absolute atomic E-state index is 5.65. The maximum atomic E-state index is 5.65. The first kappa shape index (κ1) is 12.5. The normalized spacial score (nSPS) is 11.7. The molecule has 0 aliphatic heterocycles. The standard InChI is InChI=1S/C13H20ClN/c1-13(2,15-10-6-9-14)11-12-7-4-3-5-8-12/h3-5,7-8,15H,6,9-11H2,1-2H3. The lowest BCUT2D eigenvalue weighted by atomic mass is 9.95. The summed E-state index contributed by atoms with van der Waals surface area (Å²) < 4.78 is 0. The van der Waals surface area contributed by atoms with Crippen molar-refractivity contribution in [3.8, 4) is 0 Å². The van der Waals surface area contributed by atoms with E-state index in [9.17, 15) is 0 Å². The summed E-state index contributed by atoms with van der Waals surface area (Å²) in [5.74, 6) is 0.731. The number of hydrogen-bond donors (Lipinski definition) is 1. The van der Waals surface area contributed by atoms with E-state index in [0.717, 1.165) is 25.3 Å². The fourth-order valence-corrected chi connectivity index (χ4v) is 1.80. The van der Waals surface area contributed by atoms with E-state index < -0.39 is 0 Å². The molecule has 2 heteroatoms. The lowest BCUT2D eigenvalue weighted by Gasteiger charge is -2.26. The zero-order valence-electron chi connectivity index (χ0n) is 9.59. The lowest BCUT2D eigenvalue weighted by Crippen LogP contribution is -2.41. The van der Waals surface area contributed by atoms with E-state index in [2.05, 4.69) is 49.5 Å². The van der Waals surface area contributed by atoms with Gasteiger partial charge in [-0.25, -0.2) is 0 Å². The summed E-state index contributed by atoms with van der Waals surface area (Å²) in [5.41, 5.74) is 1.52. The summed E-state index contributed by atoms with van der Waals surface area (Å²) in [4.78, 5) is 0. The molecule has 0 bridgehead atoms. The first-order valence-electron chi connectivity index (χ1n) is 5.49. The average Bonchev–Trinajstić information content (AvgIpc) is 2.18. The minimum Gasteiger partial charge on any atom is -0.311 e. The van der Waals surface area contributed by atoms with Crippen LogP contribution in [0, 0.1) is 0 Å². The van der Waals surface area contributed by atoms with Crippen LogP contribution in [0.2, 0.25) is 0 Å². The summed E-state index contributed by atoms with van der Waals surface area (Å²) in [7, 11) is 0. The molecule has 0 atom stereocenters. The molecule has 1 aromatic carbocycles. The molecule has 0 saturated heterocycles. The molecule has 1 rings (SSSR count). The third-order valence-corrected chi connectivity index (χ3v) is 2.67. The van der Waals surface area contributed by atoms with E-state index in [-0.39, 0.29) is 5.54 Å². The minimum atomic E-state index is 0.146. The van der Waals surface area contributed by atoms with E-state index in [1.54, 1.807) is 0 Å². The molecule has 0 aromatic heterocycles. The van der Waals surface area contributed by atoms with Gasteiger partial charge in [0.15, 0.2) is 0 Å². The second kappa shape index (κ2) is 6.14. The van der Waals surface area contributed by atoms with Crippen LogP contribution in [0.1, 0.15) is 25.8 Å². The van der Waals surface area contributed by atoms with Crippen molar-refractivity contribution in [1.82, 2.24) is 5.32 Å². The summed E-state index contributed by atoms with van der Waals surface area (Å²) >= 11 is 5.65. The first-order chi connectivity index (χ1) is 7.14. The molecule has 0 unspecified atom stereocenters. The maximum Gasteiger partial charge on any atom is 0.0235 e. The van der Waals surface area contributed by atoms with E-state index in [0.29, 0.717) is 0 Å². The molecule has 0 aliphatic rings. The summed E-state index contributed by atoms with van der Waals surface area (Å²) in [5, 5.41) is 3.52. The Hall–Kier alpha value is -0.530. The molecule has 15 heavy (non-hydrogen) atoms. The van der Waals surface area contributed by atoms with Crippen molar-refractivity contribution in [2.75, 3.05) is 12.4 Å². The molecule has 0 amide bonds. The van der Waals surface area contributed by atoms with Crippen LogP contribution < -0.4 is 5.32 Å². The Labute approximate surface area is 97.8 Å². The van der Waals surface area contributed by atoms with E-state index in [1.807, 2.05) is 0 Å². The molecule has 0 radical (unpaired) electrons. The second-order valence-corrected chi connectivity index (χ2v) is 4.89. The lowest BCUT2D eigenvalue weighted by molar-refractivity contribution is 0.387. The van der Waals surface area contributed by atoms with Gasteiger partial charge in [0.2, 0.25) is 0 Å². The first-order valence-corrected chi connectivity index (χ1v) is 6.02. The van der Waals surface area contributed by atoms with Crippen LogP contribution in [0.3, 0.4) is 0 Å². The molecular weight excluding hydrogens is 206 g/mol. The van der Waals surface area contributed by atoms with Gasteiger partial charge in [0.05, 0.1) is 0 Å². The van der Waals surface area contributed by atoms with Gasteiger partial charge in [-0.2, -0.15) is 0 Å². The van der Waals surface area contributed by atoms with Crippen molar-refractivity contribution in [1.29, 1.82) is 0 Å². The summed E-state index contributed by atoms with van der Waals surface area (Å²) in [6, 6.07) is 10.6. The molecule has 84 valence electrons. The number of hydrogen-bond acceptors (Lipinski definition) is 1. The fraction of sp³-hybridized carbons (Fsp3) is 0.538. The average molecular weight is 226 g/mol. The van der Waals surface area contributed by atoms with Crippen LogP contribution >= 0.6 is 11.6 Å². The number of halogens is 1. The van der Waals surface area contributed by atoms with Crippen LogP contribution in [-0.2, 0) is 6.42 Å². The molecule has 0 saturated carbocycles. The van der Waals surface area contributed by atoms with Gasteiger partial charge in [0.25, 0.3) is 0 Å². The predicted octanol–water partition coefficient (Wildman–Crippen LogP) is 3.23. The highest BCUT2D eigenvalue weighted by atomic mass is 35.5. The molecule has 1 N–H and O–H groups in total. The van der Waals surface area contributed by atoms with Crippen molar-refractivity contribution >= 4 is 11.6 Å². The van der Waals surface area contributed by atoms with Gasteiger partial charge in [0, 0.05) is 11.4 Å². The minimum absolute atomic E-state index is 0.146. The van der Waals surface area contributed by atoms with Gasteiger partial charge < -0.3 is 5.32 Å². The Morgan fingerprint density at radius 2 is 1.87 bits per heavy atom. The number of benzene rings is 1. The zero-order chi connectivity index (χ0) is 11.1. The zero-order valence-corrected chi connectivity index (χ0v) is 10.3. The number of alkyl halides is 1. The molecule has 0 spiro atoms. The van der Waals surface area contributed by atoms with Crippen molar-refractivity contribution < 1.29 is 0 Å². The third kappa shape index (κ3) is 5.19. The number of nitrogens with one attached hydrogen (secondary N) is 1. The van der Waals surface area contributed by atoms with Crippen LogP contribution in [0.15, 0.2) is 30.3 Å². The van der Waals surface area contributed by atoms with Gasteiger partial charge in [-0.15, -0.1) is 11.6 Å². The van der Waals surface area contributed by atoms with Crippen molar-refractivity contribution in [3.05, 3.63) is 35.9 Å². The molecular formula is C13H20ClN. The highest BCUT2D eigenvalue weighted by molar-refractivity contribution is 6.17. The Morgan fingerprint density at radius 1 is 1.20 bits per heavy atom. The topological polar surface area (TPSA) is 12.0 Å². The Kier molecular flexibility index (Phi) is 5.13. The number of rotatable bonds is 6. The summed E-state index contributed by atoms with van der Waals surface area (Å²) in [6.45, 7) is 5.45. The van der Waals surface area contributed by atoms with E-state index in [1.165, 1.54) is 5.56 Å².